The van der Waals surface area contributed by atoms with Crippen molar-refractivity contribution >= 4 is 33.2 Å². The van der Waals surface area contributed by atoms with Crippen LogP contribution in [0.25, 0.3) is 0 Å². The molecule has 0 spiro atoms. The van der Waals surface area contributed by atoms with Gasteiger partial charge in [0.25, 0.3) is 0 Å². The van der Waals surface area contributed by atoms with E-state index in [9.17, 15) is 14.4 Å². The molecule has 1 aliphatic carbocycles. The minimum atomic E-state index is -0.411. The fourth-order valence-corrected chi connectivity index (χ4v) is 3.57. The molecule has 138 valence electrons. The highest BCUT2D eigenvalue weighted by Crippen LogP contribution is 2.28. The third-order valence-electron chi connectivity index (χ3n) is 4.51. The molecule has 1 aromatic carbocycles. The molecule has 0 bridgehead atoms. The monoisotopic (exact) mass is 423 g/mol. The number of hydroxylamine groups is 1. The van der Waals surface area contributed by atoms with E-state index in [1.54, 1.807) is 0 Å². The van der Waals surface area contributed by atoms with Crippen molar-refractivity contribution in [1.82, 2.24) is 10.6 Å². The molecule has 0 saturated heterocycles. The molecule has 2 N–H and O–H groups in total. The molecule has 1 heterocycles. The van der Waals surface area contributed by atoms with Crippen LogP contribution in [0, 0.1) is 11.7 Å². The summed E-state index contributed by atoms with van der Waals surface area (Å²) in [6.45, 7) is 0. The summed E-state index contributed by atoms with van der Waals surface area (Å²) >= 11 is 3.09. The van der Waals surface area contributed by atoms with Crippen LogP contribution in [0.3, 0.4) is 0 Å². The summed E-state index contributed by atoms with van der Waals surface area (Å²) in [6, 6.07) is 4.21. The van der Waals surface area contributed by atoms with Crippen LogP contribution in [0.1, 0.15) is 43.4 Å². The summed E-state index contributed by atoms with van der Waals surface area (Å²) in [6.07, 6.45) is 6.55. The zero-order chi connectivity index (χ0) is 18.5. The number of carbonyl (C=O) groups is 1. The van der Waals surface area contributed by atoms with E-state index in [4.69, 9.17) is 4.52 Å². The third-order valence-corrected chi connectivity index (χ3v) is 5.11. The summed E-state index contributed by atoms with van der Waals surface area (Å²) in [5.41, 5.74) is 3.23. The number of halogens is 2. The molecule has 1 aromatic heterocycles. The molecular formula is C18H19BrFN3O3. The standard InChI is InChI=1S/C18H19BrFN3O3/c19-15-8-12(5-6-16(15)20)21-18(22-25)14-10-26-23-17(14)9-13(24)7-11-3-1-2-4-11/h5-6,8,10-11,25H,1-4,7,9H2,(H,21,22). The first kappa shape index (κ1) is 18.7. The predicted molar refractivity (Wildman–Crippen MR) is 97.0 cm³/mol. The maximum Gasteiger partial charge on any atom is 0.162 e. The van der Waals surface area contributed by atoms with Crippen molar-refractivity contribution in [3.05, 3.63) is 46.0 Å². The van der Waals surface area contributed by atoms with Crippen molar-refractivity contribution in [2.75, 3.05) is 0 Å². The van der Waals surface area contributed by atoms with Crippen LogP contribution in [0.2, 0.25) is 0 Å². The Morgan fingerprint density at radius 1 is 1.42 bits per heavy atom. The Hall–Kier alpha value is -2.06. The SMILES string of the molecule is O=C(Cc1nocc1C(=Nc1ccc(F)c(Br)c1)NO)CC1CCCC1. The van der Waals surface area contributed by atoms with E-state index >= 15 is 0 Å². The van der Waals surface area contributed by atoms with E-state index < -0.39 is 5.82 Å². The Labute approximate surface area is 158 Å². The summed E-state index contributed by atoms with van der Waals surface area (Å²) in [5, 5.41) is 13.3. The lowest BCUT2D eigenvalue weighted by Crippen LogP contribution is -2.22. The van der Waals surface area contributed by atoms with Gasteiger partial charge in [-0.25, -0.2) is 9.38 Å². The largest absolute Gasteiger partial charge is 0.364 e. The molecule has 26 heavy (non-hydrogen) atoms. The van der Waals surface area contributed by atoms with Crippen LogP contribution < -0.4 is 5.48 Å². The summed E-state index contributed by atoms with van der Waals surface area (Å²) in [4.78, 5) is 16.6. The average molecular weight is 424 g/mol. The van der Waals surface area contributed by atoms with Gasteiger partial charge < -0.3 is 4.52 Å². The lowest BCUT2D eigenvalue weighted by molar-refractivity contribution is -0.119. The van der Waals surface area contributed by atoms with Gasteiger partial charge in [0.1, 0.15) is 23.6 Å². The number of aromatic nitrogens is 1. The van der Waals surface area contributed by atoms with Crippen molar-refractivity contribution in [3.63, 3.8) is 0 Å². The van der Waals surface area contributed by atoms with Gasteiger partial charge in [-0.05, 0) is 40.0 Å². The van der Waals surface area contributed by atoms with Crippen molar-refractivity contribution in [1.29, 1.82) is 0 Å². The van der Waals surface area contributed by atoms with Gasteiger partial charge in [-0.3, -0.25) is 15.5 Å². The first-order valence-electron chi connectivity index (χ1n) is 8.46. The predicted octanol–water partition coefficient (Wildman–Crippen LogP) is 4.33. The van der Waals surface area contributed by atoms with E-state index in [1.807, 2.05) is 5.48 Å². The van der Waals surface area contributed by atoms with Gasteiger partial charge >= 0.3 is 0 Å². The van der Waals surface area contributed by atoms with Crippen molar-refractivity contribution in [2.45, 2.75) is 38.5 Å². The Morgan fingerprint density at radius 2 is 2.19 bits per heavy atom. The molecule has 0 atom stereocenters. The van der Waals surface area contributed by atoms with Crippen LogP contribution in [-0.4, -0.2) is 22.0 Å². The quantitative estimate of drug-likeness (QED) is 0.410. The first-order valence-corrected chi connectivity index (χ1v) is 9.25. The molecule has 0 amide bonds. The number of carbonyl (C=O) groups excluding carboxylic acids is 1. The Bertz CT molecular complexity index is 816. The van der Waals surface area contributed by atoms with E-state index in [1.165, 1.54) is 37.3 Å². The molecule has 3 rings (SSSR count). The number of benzene rings is 1. The number of hydrogen-bond donors (Lipinski definition) is 2. The second-order valence-electron chi connectivity index (χ2n) is 6.42. The van der Waals surface area contributed by atoms with Gasteiger partial charge in [-0.1, -0.05) is 30.8 Å². The minimum absolute atomic E-state index is 0.0772. The smallest absolute Gasteiger partial charge is 0.162 e. The van der Waals surface area contributed by atoms with Gasteiger partial charge in [0.2, 0.25) is 0 Å². The van der Waals surface area contributed by atoms with Gasteiger partial charge in [0.15, 0.2) is 5.84 Å². The fourth-order valence-electron chi connectivity index (χ4n) is 3.20. The highest BCUT2D eigenvalue weighted by atomic mass is 79.9. The van der Waals surface area contributed by atoms with Gasteiger partial charge in [-0.2, -0.15) is 0 Å². The molecule has 0 aliphatic heterocycles. The number of hydrogen-bond acceptors (Lipinski definition) is 5. The normalized spacial score (nSPS) is 15.4. The zero-order valence-electron chi connectivity index (χ0n) is 14.0. The number of rotatable bonds is 6. The van der Waals surface area contributed by atoms with E-state index in [-0.39, 0.29) is 22.5 Å². The molecule has 1 aliphatic rings. The zero-order valence-corrected chi connectivity index (χ0v) is 15.6. The van der Waals surface area contributed by atoms with Crippen LogP contribution in [0.5, 0.6) is 0 Å². The maximum atomic E-state index is 13.3. The molecule has 0 unspecified atom stereocenters. The highest BCUT2D eigenvalue weighted by molar-refractivity contribution is 9.10. The highest BCUT2D eigenvalue weighted by Gasteiger charge is 2.22. The molecule has 8 heteroatoms. The molecule has 0 radical (unpaired) electrons. The first-order chi connectivity index (χ1) is 12.6. The fraction of sp³-hybridized carbons (Fsp3) is 0.389. The number of aliphatic imine (C=N–C) groups is 1. The van der Waals surface area contributed by atoms with Crippen molar-refractivity contribution in [2.24, 2.45) is 10.9 Å². The van der Waals surface area contributed by atoms with Crippen LogP contribution in [0.15, 0.2) is 38.5 Å². The molecule has 1 fully saturated rings. The summed E-state index contributed by atoms with van der Waals surface area (Å²) < 4.78 is 18.6. The van der Waals surface area contributed by atoms with Gasteiger partial charge in [0.05, 0.1) is 22.1 Å². The van der Waals surface area contributed by atoms with Crippen molar-refractivity contribution in [3.8, 4) is 0 Å². The lowest BCUT2D eigenvalue weighted by atomic mass is 9.98. The lowest BCUT2D eigenvalue weighted by Gasteiger charge is -2.08. The number of ketones is 1. The molecule has 1 saturated carbocycles. The van der Waals surface area contributed by atoms with Crippen LogP contribution >= 0.6 is 15.9 Å². The number of nitrogens with one attached hydrogen (secondary N) is 1. The Kier molecular flexibility index (Phi) is 6.16. The molecular weight excluding hydrogens is 405 g/mol. The topological polar surface area (TPSA) is 87.7 Å². The Balaban J connectivity index is 1.77. The number of Topliss-reactive ketones (excluding diaryl/α,β-unsaturated/α-hetero) is 1. The van der Waals surface area contributed by atoms with Crippen LogP contribution in [-0.2, 0) is 11.2 Å². The number of amidine groups is 1. The Morgan fingerprint density at radius 3 is 2.88 bits per heavy atom. The van der Waals surface area contributed by atoms with E-state index in [0.717, 1.165) is 12.8 Å². The minimum Gasteiger partial charge on any atom is -0.364 e. The maximum absolute atomic E-state index is 13.3. The second-order valence-corrected chi connectivity index (χ2v) is 7.27. The summed E-state index contributed by atoms with van der Waals surface area (Å²) in [5.74, 6) is 0.214. The third kappa shape index (κ3) is 4.56. The van der Waals surface area contributed by atoms with Gasteiger partial charge in [-0.15, -0.1) is 0 Å². The van der Waals surface area contributed by atoms with Crippen molar-refractivity contribution < 1.29 is 18.9 Å². The van der Waals surface area contributed by atoms with E-state index in [2.05, 4.69) is 26.1 Å². The molecule has 2 aromatic rings. The van der Waals surface area contributed by atoms with E-state index in [0.29, 0.717) is 29.3 Å². The van der Waals surface area contributed by atoms with Crippen LogP contribution in [0.4, 0.5) is 10.1 Å². The summed E-state index contributed by atoms with van der Waals surface area (Å²) in [7, 11) is 0. The van der Waals surface area contributed by atoms with Gasteiger partial charge in [0, 0.05) is 6.42 Å². The average Bonchev–Trinajstić information content (AvgIpc) is 3.28. The number of nitrogens with zero attached hydrogens (tertiary/aromatic N) is 2. The molecule has 6 nitrogen and oxygen atoms in total. The second kappa shape index (κ2) is 8.55.